The molecule has 0 N–H and O–H groups in total. The van der Waals surface area contributed by atoms with E-state index in [0.29, 0.717) is 19.6 Å². The quantitative estimate of drug-likeness (QED) is 0.757. The number of hydrogen-bond donors (Lipinski definition) is 0. The van der Waals surface area contributed by atoms with E-state index in [2.05, 4.69) is 0 Å². The molecule has 144 valence electrons. The van der Waals surface area contributed by atoms with Crippen LogP contribution in [0.25, 0.3) is 0 Å². The Kier molecular flexibility index (Phi) is 5.64. The molecule has 0 aliphatic carbocycles. The molecule has 1 heterocycles. The summed E-state index contributed by atoms with van der Waals surface area (Å²) in [5, 5.41) is 0. The molecule has 0 radical (unpaired) electrons. The Balaban J connectivity index is 2.29. The average molecular weight is 364 g/mol. The third-order valence-corrected chi connectivity index (χ3v) is 4.19. The Labute approximate surface area is 155 Å². The van der Waals surface area contributed by atoms with Crippen molar-refractivity contribution in [2.24, 2.45) is 5.41 Å². The summed E-state index contributed by atoms with van der Waals surface area (Å²) >= 11 is 0. The van der Waals surface area contributed by atoms with Gasteiger partial charge >= 0.3 is 6.09 Å². The first-order chi connectivity index (χ1) is 11.9. The lowest BCUT2D eigenvalue weighted by Crippen LogP contribution is -2.55. The zero-order chi connectivity index (χ0) is 19.7. The van der Waals surface area contributed by atoms with E-state index < -0.39 is 17.1 Å². The van der Waals surface area contributed by atoms with Gasteiger partial charge in [-0.25, -0.2) is 9.18 Å². The zero-order valence-corrected chi connectivity index (χ0v) is 16.5. The van der Waals surface area contributed by atoms with Gasteiger partial charge in [-0.1, -0.05) is 32.9 Å². The Morgan fingerprint density at radius 1 is 1.04 bits per heavy atom. The average Bonchev–Trinajstić information content (AvgIpc) is 2.52. The summed E-state index contributed by atoms with van der Waals surface area (Å²) in [6, 6.07) is 5.68. The molecule has 2 amide bonds. The Morgan fingerprint density at radius 3 is 2.12 bits per heavy atom. The lowest BCUT2D eigenvalue weighted by atomic mass is 9.93. The Hall–Kier alpha value is -2.11. The third kappa shape index (κ3) is 4.96. The van der Waals surface area contributed by atoms with Crippen molar-refractivity contribution in [2.75, 3.05) is 19.6 Å². The SMILES string of the molecule is CC(C)(C)OC(=O)N1CCN(C(=O)C(C)(C)C)C[C@H]1c1ccc(F)cc1. The van der Waals surface area contributed by atoms with E-state index in [1.165, 1.54) is 12.1 Å². The second-order valence-electron chi connectivity index (χ2n) is 8.74. The molecule has 1 fully saturated rings. The lowest BCUT2D eigenvalue weighted by Gasteiger charge is -2.43. The van der Waals surface area contributed by atoms with Gasteiger partial charge in [-0.2, -0.15) is 0 Å². The molecule has 2 rings (SSSR count). The number of benzene rings is 1. The maximum atomic E-state index is 13.3. The number of carbonyl (C=O) groups excluding carboxylic acids is 2. The highest BCUT2D eigenvalue weighted by molar-refractivity contribution is 5.82. The van der Waals surface area contributed by atoms with E-state index in [0.717, 1.165) is 5.56 Å². The number of ether oxygens (including phenoxy) is 1. The summed E-state index contributed by atoms with van der Waals surface area (Å²) in [5.41, 5.74) is -0.326. The Bertz CT molecular complexity index is 659. The van der Waals surface area contributed by atoms with Gasteiger partial charge in [0.25, 0.3) is 0 Å². The number of carbonyl (C=O) groups is 2. The topological polar surface area (TPSA) is 49.9 Å². The fraction of sp³-hybridized carbons (Fsp3) is 0.600. The molecule has 1 saturated heterocycles. The molecule has 0 saturated carbocycles. The highest BCUT2D eigenvalue weighted by Crippen LogP contribution is 2.30. The van der Waals surface area contributed by atoms with Gasteiger partial charge in [0.1, 0.15) is 11.4 Å². The molecule has 1 aromatic carbocycles. The first kappa shape index (κ1) is 20.2. The maximum Gasteiger partial charge on any atom is 0.410 e. The molecule has 1 aromatic rings. The third-order valence-electron chi connectivity index (χ3n) is 4.19. The molecule has 6 heteroatoms. The largest absolute Gasteiger partial charge is 0.444 e. The minimum absolute atomic E-state index is 0.0356. The van der Waals surface area contributed by atoms with Crippen LogP contribution in [-0.4, -0.2) is 47.0 Å². The molecule has 5 nitrogen and oxygen atoms in total. The van der Waals surface area contributed by atoms with Crippen LogP contribution in [0.5, 0.6) is 0 Å². The first-order valence-corrected chi connectivity index (χ1v) is 8.93. The summed E-state index contributed by atoms with van der Waals surface area (Å²) in [6.45, 7) is 12.3. The van der Waals surface area contributed by atoms with Crippen molar-refractivity contribution in [3.8, 4) is 0 Å². The molecule has 0 unspecified atom stereocenters. The van der Waals surface area contributed by atoms with Crippen molar-refractivity contribution in [3.63, 3.8) is 0 Å². The van der Waals surface area contributed by atoms with Crippen LogP contribution in [-0.2, 0) is 9.53 Å². The Morgan fingerprint density at radius 2 is 1.62 bits per heavy atom. The van der Waals surface area contributed by atoms with E-state index in [1.807, 2.05) is 41.5 Å². The summed E-state index contributed by atoms with van der Waals surface area (Å²) in [5.74, 6) is -0.301. The van der Waals surface area contributed by atoms with Gasteiger partial charge in [-0.05, 0) is 38.5 Å². The minimum Gasteiger partial charge on any atom is -0.444 e. The molecule has 0 spiro atoms. The van der Waals surface area contributed by atoms with Crippen molar-refractivity contribution < 1.29 is 18.7 Å². The van der Waals surface area contributed by atoms with Gasteiger partial charge in [-0.3, -0.25) is 9.69 Å². The fourth-order valence-electron chi connectivity index (χ4n) is 2.95. The maximum absolute atomic E-state index is 13.3. The van der Waals surface area contributed by atoms with Crippen LogP contribution in [0.15, 0.2) is 24.3 Å². The molecule has 0 aromatic heterocycles. The number of amides is 2. The van der Waals surface area contributed by atoms with Crippen molar-refractivity contribution in [2.45, 2.75) is 53.2 Å². The molecule has 1 aliphatic heterocycles. The second-order valence-corrected chi connectivity index (χ2v) is 8.74. The summed E-state index contributed by atoms with van der Waals surface area (Å²) in [7, 11) is 0. The zero-order valence-electron chi connectivity index (χ0n) is 16.5. The van der Waals surface area contributed by atoms with Crippen molar-refractivity contribution in [3.05, 3.63) is 35.6 Å². The van der Waals surface area contributed by atoms with E-state index >= 15 is 0 Å². The molecule has 1 atom stereocenters. The summed E-state index contributed by atoms with van der Waals surface area (Å²) in [4.78, 5) is 28.8. The number of hydrogen-bond acceptors (Lipinski definition) is 3. The molecular formula is C20H29FN2O3. The fourth-order valence-corrected chi connectivity index (χ4v) is 2.95. The van der Waals surface area contributed by atoms with Crippen LogP contribution in [0.1, 0.15) is 53.1 Å². The predicted molar refractivity (Wildman–Crippen MR) is 98.1 cm³/mol. The van der Waals surface area contributed by atoms with Gasteiger partial charge in [0, 0.05) is 25.0 Å². The number of piperazine rings is 1. The van der Waals surface area contributed by atoms with E-state index in [4.69, 9.17) is 4.74 Å². The first-order valence-electron chi connectivity index (χ1n) is 8.93. The van der Waals surface area contributed by atoms with Gasteiger partial charge in [-0.15, -0.1) is 0 Å². The van der Waals surface area contributed by atoms with Crippen LogP contribution in [0, 0.1) is 11.2 Å². The molecule has 1 aliphatic rings. The number of nitrogens with zero attached hydrogens (tertiary/aromatic N) is 2. The normalized spacial score (nSPS) is 18.7. The highest BCUT2D eigenvalue weighted by atomic mass is 19.1. The molecule has 0 bridgehead atoms. The monoisotopic (exact) mass is 364 g/mol. The summed E-state index contributed by atoms with van der Waals surface area (Å²) in [6.07, 6.45) is -0.422. The van der Waals surface area contributed by atoms with E-state index in [9.17, 15) is 14.0 Å². The lowest BCUT2D eigenvalue weighted by molar-refractivity contribution is -0.142. The smallest absolute Gasteiger partial charge is 0.410 e. The number of halogens is 1. The summed E-state index contributed by atoms with van der Waals surface area (Å²) < 4.78 is 18.8. The van der Waals surface area contributed by atoms with Crippen LogP contribution in [0.4, 0.5) is 9.18 Å². The van der Waals surface area contributed by atoms with E-state index in [-0.39, 0.29) is 17.8 Å². The van der Waals surface area contributed by atoms with Gasteiger partial charge < -0.3 is 9.64 Å². The van der Waals surface area contributed by atoms with Crippen molar-refractivity contribution >= 4 is 12.0 Å². The van der Waals surface area contributed by atoms with Crippen LogP contribution < -0.4 is 0 Å². The van der Waals surface area contributed by atoms with E-state index in [1.54, 1.807) is 21.9 Å². The van der Waals surface area contributed by atoms with Crippen molar-refractivity contribution in [1.82, 2.24) is 9.80 Å². The molecular weight excluding hydrogens is 335 g/mol. The number of rotatable bonds is 1. The highest BCUT2D eigenvalue weighted by Gasteiger charge is 2.38. The second kappa shape index (κ2) is 7.25. The van der Waals surface area contributed by atoms with Gasteiger partial charge in [0.05, 0.1) is 6.04 Å². The standard InChI is InChI=1S/C20H29FN2O3/c1-19(2,3)17(24)22-11-12-23(18(25)26-20(4,5)6)16(13-22)14-7-9-15(21)10-8-14/h7-10,16H,11-13H2,1-6H3/t16-/m0/s1. The van der Waals surface area contributed by atoms with Crippen LogP contribution >= 0.6 is 0 Å². The van der Waals surface area contributed by atoms with Crippen molar-refractivity contribution in [1.29, 1.82) is 0 Å². The van der Waals surface area contributed by atoms with Gasteiger partial charge in [0.2, 0.25) is 5.91 Å². The van der Waals surface area contributed by atoms with Crippen LogP contribution in [0.2, 0.25) is 0 Å². The molecule has 26 heavy (non-hydrogen) atoms. The van der Waals surface area contributed by atoms with Crippen LogP contribution in [0.3, 0.4) is 0 Å². The van der Waals surface area contributed by atoms with Gasteiger partial charge in [0.15, 0.2) is 0 Å². The minimum atomic E-state index is -0.608. The predicted octanol–water partition coefficient (Wildman–Crippen LogP) is 3.99.